The molecule has 5 rings (SSSR count). The van der Waals surface area contributed by atoms with Crippen molar-refractivity contribution in [3.8, 4) is 0 Å². The molecule has 0 radical (unpaired) electrons. The molecule has 9 nitrogen and oxygen atoms in total. The molecule has 1 saturated heterocycles. The van der Waals surface area contributed by atoms with E-state index in [0.29, 0.717) is 6.54 Å². The molecule has 0 aromatic carbocycles. The number of amidine groups is 1. The summed E-state index contributed by atoms with van der Waals surface area (Å²) in [6.07, 6.45) is 14.6. The first-order valence-electron chi connectivity index (χ1n) is 19.2. The number of nitrogens with one attached hydrogen (secondary N) is 1. The molecule has 0 saturated carbocycles. The number of nitrogens with zero attached hydrogens (tertiary/aromatic N) is 6. The van der Waals surface area contributed by atoms with Crippen molar-refractivity contribution < 1.29 is 9.90 Å². The van der Waals surface area contributed by atoms with Gasteiger partial charge in [0, 0.05) is 56.4 Å². The minimum absolute atomic E-state index is 0.0148. The Hall–Kier alpha value is -2.75. The van der Waals surface area contributed by atoms with Crippen LogP contribution in [-0.2, 0) is 11.2 Å². The Morgan fingerprint density at radius 2 is 1.76 bits per heavy atom. The number of aryl methyl sites for hydroxylation is 1. The van der Waals surface area contributed by atoms with E-state index in [9.17, 15) is 9.90 Å². The Labute approximate surface area is 303 Å². The van der Waals surface area contributed by atoms with Crippen LogP contribution in [0.25, 0.3) is 0 Å². The summed E-state index contributed by atoms with van der Waals surface area (Å²) in [6, 6.07) is 4.43. The number of pyridine rings is 1. The number of rotatable bonds is 13. The highest BCUT2D eigenvalue weighted by atomic mass is 16.3. The lowest BCUT2D eigenvalue weighted by molar-refractivity contribution is -0.130. The Balaban J connectivity index is 1.16. The molecule has 3 atom stereocenters. The van der Waals surface area contributed by atoms with Gasteiger partial charge >= 0.3 is 0 Å². The van der Waals surface area contributed by atoms with Crippen LogP contribution in [-0.4, -0.2) is 112 Å². The maximum Gasteiger partial charge on any atom is 0.225 e. The summed E-state index contributed by atoms with van der Waals surface area (Å²) < 4.78 is 0. The number of likely N-dealkylation sites (N-methyl/N-ethyl adjacent to an activating group) is 1. The lowest BCUT2D eigenvalue weighted by Crippen LogP contribution is -2.58. The van der Waals surface area contributed by atoms with Gasteiger partial charge in [-0.05, 0) is 94.0 Å². The van der Waals surface area contributed by atoms with Gasteiger partial charge in [0.05, 0.1) is 30.4 Å². The van der Waals surface area contributed by atoms with Crippen molar-refractivity contribution in [2.24, 2.45) is 21.2 Å². The summed E-state index contributed by atoms with van der Waals surface area (Å²) in [5, 5.41) is 14.1. The number of aliphatic hydroxyl groups excluding tert-OH is 1. The third-order valence-corrected chi connectivity index (χ3v) is 11.6. The van der Waals surface area contributed by atoms with Gasteiger partial charge in [-0.25, -0.2) is 0 Å². The SMILES string of the molecule is CN(CC1N=C2C=CC=C(N3CCN(C(C)(C)CC(C)(C)CNC(=O)C(C)(C)CCC(C)(C)C)CC3)N2C1CO)C1CCCc2cccnc21. The van der Waals surface area contributed by atoms with Crippen molar-refractivity contribution in [3.05, 3.63) is 53.6 Å². The molecular formula is C41H67N7O2. The van der Waals surface area contributed by atoms with E-state index in [2.05, 4.69) is 119 Å². The van der Waals surface area contributed by atoms with Crippen LogP contribution in [0.2, 0.25) is 0 Å². The number of aromatic nitrogens is 1. The summed E-state index contributed by atoms with van der Waals surface area (Å²) in [7, 11) is 2.19. The van der Waals surface area contributed by atoms with E-state index < -0.39 is 0 Å². The molecule has 1 aromatic rings. The van der Waals surface area contributed by atoms with Crippen LogP contribution >= 0.6 is 0 Å². The molecule has 4 aliphatic rings. The predicted molar refractivity (Wildman–Crippen MR) is 205 cm³/mol. The second-order valence-corrected chi connectivity index (χ2v) is 18.7. The fourth-order valence-corrected chi connectivity index (χ4v) is 8.68. The highest BCUT2D eigenvalue weighted by Crippen LogP contribution is 2.37. The third kappa shape index (κ3) is 8.99. The Morgan fingerprint density at radius 1 is 1.04 bits per heavy atom. The van der Waals surface area contributed by atoms with Crippen LogP contribution in [0.15, 0.2) is 47.4 Å². The van der Waals surface area contributed by atoms with Gasteiger partial charge in [0.2, 0.25) is 5.91 Å². The van der Waals surface area contributed by atoms with Gasteiger partial charge < -0.3 is 20.2 Å². The highest BCUT2D eigenvalue weighted by molar-refractivity contribution is 5.97. The number of carbonyl (C=O) groups excluding carboxylic acids is 1. The maximum absolute atomic E-state index is 13.2. The maximum atomic E-state index is 13.2. The third-order valence-electron chi connectivity index (χ3n) is 11.6. The molecular weight excluding hydrogens is 622 g/mol. The number of aliphatic imine (C=N–C) groups is 1. The number of allylic oxidation sites excluding steroid dienone is 2. The first kappa shape index (κ1) is 38.5. The molecule has 1 aromatic heterocycles. The van der Waals surface area contributed by atoms with Crippen LogP contribution < -0.4 is 5.32 Å². The number of hydrogen-bond donors (Lipinski definition) is 2. The largest absolute Gasteiger partial charge is 0.394 e. The first-order chi connectivity index (χ1) is 23.4. The van der Waals surface area contributed by atoms with E-state index >= 15 is 0 Å². The smallest absolute Gasteiger partial charge is 0.225 e. The molecule has 2 N–H and O–H groups in total. The molecule has 9 heteroatoms. The second kappa shape index (κ2) is 15.1. The quantitative estimate of drug-likeness (QED) is 0.262. The summed E-state index contributed by atoms with van der Waals surface area (Å²) in [5.74, 6) is 2.26. The fraction of sp³-hybridized carbons (Fsp3) is 0.732. The molecule has 1 fully saturated rings. The molecule has 3 unspecified atom stereocenters. The standard InChI is InChI=1S/C41H67N7O2/c1-38(2,3)19-20-40(6,7)37(50)43-29-39(4,5)28-41(8,9)47-24-22-46(23-25-47)35-18-12-17-34-44-31(33(27-49)48(34)35)26-45(10)32-16-11-14-30-15-13-21-42-36(30)32/h12-13,15,17-18,21,31-33,49H,11,14,16,19-20,22-29H2,1-10H3,(H,43,50). The Bertz CT molecular complexity index is 1430. The van der Waals surface area contributed by atoms with E-state index in [-0.39, 0.29) is 52.4 Å². The van der Waals surface area contributed by atoms with Crippen LogP contribution in [0.5, 0.6) is 0 Å². The molecule has 0 bridgehead atoms. The molecule has 3 aliphatic heterocycles. The average molecular weight is 690 g/mol. The van der Waals surface area contributed by atoms with Gasteiger partial charge in [-0.15, -0.1) is 0 Å². The zero-order valence-electron chi connectivity index (χ0n) is 32.9. The summed E-state index contributed by atoms with van der Waals surface area (Å²) >= 11 is 0. The summed E-state index contributed by atoms with van der Waals surface area (Å²) in [5.41, 5.74) is 2.36. The lowest BCUT2D eigenvalue weighted by Gasteiger charge is -2.49. The lowest BCUT2D eigenvalue weighted by atomic mass is 9.77. The first-order valence-corrected chi connectivity index (χ1v) is 19.2. The van der Waals surface area contributed by atoms with Gasteiger partial charge in [-0.3, -0.25) is 24.6 Å². The highest BCUT2D eigenvalue weighted by Gasteiger charge is 2.42. The number of carbonyl (C=O) groups is 1. The normalized spacial score (nSPS) is 23.5. The van der Waals surface area contributed by atoms with Crippen molar-refractivity contribution >= 4 is 11.7 Å². The van der Waals surface area contributed by atoms with Crippen LogP contribution in [0.1, 0.15) is 112 Å². The average Bonchev–Trinajstić information content (AvgIpc) is 3.42. The van der Waals surface area contributed by atoms with Crippen molar-refractivity contribution in [3.63, 3.8) is 0 Å². The molecule has 0 spiro atoms. The number of hydrogen-bond acceptors (Lipinski definition) is 8. The Morgan fingerprint density at radius 3 is 2.44 bits per heavy atom. The number of piperazine rings is 1. The van der Waals surface area contributed by atoms with Gasteiger partial charge in [0.15, 0.2) is 0 Å². The monoisotopic (exact) mass is 690 g/mol. The zero-order valence-corrected chi connectivity index (χ0v) is 32.9. The van der Waals surface area contributed by atoms with Gasteiger partial charge in [-0.1, -0.05) is 60.6 Å². The van der Waals surface area contributed by atoms with E-state index in [1.807, 2.05) is 12.3 Å². The van der Waals surface area contributed by atoms with E-state index in [1.54, 1.807) is 0 Å². The Kier molecular flexibility index (Phi) is 11.6. The van der Waals surface area contributed by atoms with Gasteiger partial charge in [-0.2, -0.15) is 0 Å². The van der Waals surface area contributed by atoms with Crippen molar-refractivity contribution in [2.75, 3.05) is 52.9 Å². The van der Waals surface area contributed by atoms with Crippen LogP contribution in [0.4, 0.5) is 0 Å². The van der Waals surface area contributed by atoms with Crippen molar-refractivity contribution in [2.45, 2.75) is 125 Å². The zero-order chi connectivity index (χ0) is 36.5. The van der Waals surface area contributed by atoms with Gasteiger partial charge in [0.1, 0.15) is 11.7 Å². The molecule has 1 amide bonds. The summed E-state index contributed by atoms with van der Waals surface area (Å²) in [6.45, 7) is 25.4. The summed E-state index contributed by atoms with van der Waals surface area (Å²) in [4.78, 5) is 33.0. The molecule has 1 aliphatic carbocycles. The number of aliphatic hydroxyl groups is 1. The number of fused-ring (bicyclic) bond motifs is 2. The predicted octanol–water partition coefficient (Wildman–Crippen LogP) is 6.03. The molecule has 278 valence electrons. The fourth-order valence-electron chi connectivity index (χ4n) is 8.68. The van der Waals surface area contributed by atoms with E-state index in [0.717, 1.165) is 76.5 Å². The van der Waals surface area contributed by atoms with E-state index in [4.69, 9.17) is 9.98 Å². The van der Waals surface area contributed by atoms with Gasteiger partial charge in [0.25, 0.3) is 0 Å². The minimum Gasteiger partial charge on any atom is -0.394 e. The topological polar surface area (TPSA) is 87.5 Å². The van der Waals surface area contributed by atoms with E-state index in [1.165, 1.54) is 17.7 Å². The molecule has 50 heavy (non-hydrogen) atoms. The van der Waals surface area contributed by atoms with Crippen molar-refractivity contribution in [1.29, 1.82) is 0 Å². The molecule has 4 heterocycles. The minimum atomic E-state index is -0.373. The van der Waals surface area contributed by atoms with Crippen molar-refractivity contribution in [1.82, 2.24) is 29.9 Å². The second-order valence-electron chi connectivity index (χ2n) is 18.7. The van der Waals surface area contributed by atoms with Crippen LogP contribution in [0, 0.1) is 16.2 Å². The van der Waals surface area contributed by atoms with Crippen LogP contribution in [0.3, 0.4) is 0 Å². The number of amides is 1.